The minimum atomic E-state index is 0.0127. The van der Waals surface area contributed by atoms with Crippen LogP contribution in [0.3, 0.4) is 0 Å². The van der Waals surface area contributed by atoms with Crippen LogP contribution in [0.15, 0.2) is 29.1 Å². The Labute approximate surface area is 166 Å². The summed E-state index contributed by atoms with van der Waals surface area (Å²) in [6.45, 7) is 10.3. The summed E-state index contributed by atoms with van der Waals surface area (Å²) in [6, 6.07) is 8.83. The Balaban J connectivity index is 1.52. The van der Waals surface area contributed by atoms with E-state index in [1.807, 2.05) is 0 Å². The highest BCUT2D eigenvalue weighted by molar-refractivity contribution is 5.35. The molecular weight excluding hydrogens is 352 g/mol. The van der Waals surface area contributed by atoms with Gasteiger partial charge in [-0.05, 0) is 37.8 Å². The summed E-state index contributed by atoms with van der Waals surface area (Å²) < 4.78 is 5.81. The molecule has 2 aliphatic rings. The van der Waals surface area contributed by atoms with Gasteiger partial charge in [-0.1, -0.05) is 31.2 Å². The van der Waals surface area contributed by atoms with Crippen molar-refractivity contribution >= 4 is 5.95 Å². The van der Waals surface area contributed by atoms with Crippen molar-refractivity contribution in [3.8, 4) is 0 Å². The number of benzene rings is 1. The maximum atomic E-state index is 12.7. The number of hydrogen-bond acceptors (Lipinski definition) is 5. The van der Waals surface area contributed by atoms with Crippen LogP contribution in [0.5, 0.6) is 0 Å². The molecule has 28 heavy (non-hydrogen) atoms. The quantitative estimate of drug-likeness (QED) is 0.880. The van der Waals surface area contributed by atoms with Crippen molar-refractivity contribution in [3.63, 3.8) is 0 Å². The second-order valence-electron chi connectivity index (χ2n) is 8.11. The Kier molecular flexibility index (Phi) is 5.51. The third-order valence-corrected chi connectivity index (χ3v) is 5.70. The molecule has 150 valence electrons. The number of rotatable bonds is 4. The van der Waals surface area contributed by atoms with E-state index in [2.05, 4.69) is 59.8 Å². The Hall–Kier alpha value is -2.18. The molecule has 2 atom stereocenters. The van der Waals surface area contributed by atoms with Crippen LogP contribution in [-0.2, 0) is 30.7 Å². The standard InChI is InChI=1S/C22H30N4O2/c1-4-17-5-7-18(8-6-17)13-25-10-9-19-20(14-25)23-22(24-21(19)27)26-11-15(2)28-16(3)12-26/h5-8,15-16H,4,9-14H2,1-3H3,(H,23,24,27). The summed E-state index contributed by atoms with van der Waals surface area (Å²) in [5.74, 6) is 0.680. The maximum Gasteiger partial charge on any atom is 0.255 e. The molecule has 1 aromatic heterocycles. The van der Waals surface area contributed by atoms with E-state index in [1.165, 1.54) is 11.1 Å². The predicted octanol–water partition coefficient (Wildman–Crippen LogP) is 2.50. The summed E-state index contributed by atoms with van der Waals surface area (Å²) in [5.41, 5.74) is 4.44. The van der Waals surface area contributed by atoms with Crippen LogP contribution in [-0.4, -0.2) is 46.7 Å². The van der Waals surface area contributed by atoms with Crippen molar-refractivity contribution in [2.45, 2.75) is 58.9 Å². The summed E-state index contributed by atoms with van der Waals surface area (Å²) >= 11 is 0. The molecule has 0 bridgehead atoms. The van der Waals surface area contributed by atoms with Gasteiger partial charge in [0, 0.05) is 38.3 Å². The monoisotopic (exact) mass is 382 g/mol. The lowest BCUT2D eigenvalue weighted by Crippen LogP contribution is -2.47. The van der Waals surface area contributed by atoms with Crippen LogP contribution in [0.1, 0.15) is 43.2 Å². The molecule has 3 heterocycles. The fourth-order valence-electron chi connectivity index (χ4n) is 4.25. The first-order valence-corrected chi connectivity index (χ1v) is 10.3. The second-order valence-corrected chi connectivity index (χ2v) is 8.11. The topological polar surface area (TPSA) is 61.5 Å². The SMILES string of the molecule is CCc1ccc(CN2CCc3c(nc(N4CC(C)OC(C)C4)[nH]c3=O)C2)cc1. The Bertz CT molecular complexity index is 867. The Morgan fingerprint density at radius 2 is 1.82 bits per heavy atom. The Morgan fingerprint density at radius 3 is 2.50 bits per heavy atom. The van der Waals surface area contributed by atoms with E-state index in [4.69, 9.17) is 9.72 Å². The van der Waals surface area contributed by atoms with Crippen molar-refractivity contribution in [1.82, 2.24) is 14.9 Å². The van der Waals surface area contributed by atoms with Crippen LogP contribution >= 0.6 is 0 Å². The lowest BCUT2D eigenvalue weighted by atomic mass is 10.0. The van der Waals surface area contributed by atoms with E-state index >= 15 is 0 Å². The normalized spacial score (nSPS) is 22.9. The molecule has 1 fully saturated rings. The molecule has 0 amide bonds. The number of H-pyrrole nitrogens is 1. The summed E-state index contributed by atoms with van der Waals surface area (Å²) in [4.78, 5) is 25.0. The molecule has 0 saturated carbocycles. The number of morpholine rings is 1. The molecule has 0 aliphatic carbocycles. The zero-order valence-electron chi connectivity index (χ0n) is 17.1. The highest BCUT2D eigenvalue weighted by Gasteiger charge is 2.26. The number of nitrogens with one attached hydrogen (secondary N) is 1. The molecule has 2 aromatic rings. The summed E-state index contributed by atoms with van der Waals surface area (Å²) in [7, 11) is 0. The van der Waals surface area contributed by atoms with Crippen molar-refractivity contribution in [2.24, 2.45) is 0 Å². The molecule has 1 saturated heterocycles. The lowest BCUT2D eigenvalue weighted by molar-refractivity contribution is -0.00576. The van der Waals surface area contributed by atoms with Gasteiger partial charge in [-0.25, -0.2) is 4.98 Å². The van der Waals surface area contributed by atoms with Gasteiger partial charge >= 0.3 is 0 Å². The molecule has 4 rings (SSSR count). The van der Waals surface area contributed by atoms with Gasteiger partial charge in [-0.15, -0.1) is 0 Å². The van der Waals surface area contributed by atoms with E-state index < -0.39 is 0 Å². The molecule has 1 aromatic carbocycles. The van der Waals surface area contributed by atoms with E-state index in [9.17, 15) is 4.79 Å². The number of anilines is 1. The third-order valence-electron chi connectivity index (χ3n) is 5.70. The van der Waals surface area contributed by atoms with Gasteiger partial charge in [-0.2, -0.15) is 0 Å². The minimum absolute atomic E-state index is 0.0127. The van der Waals surface area contributed by atoms with Crippen molar-refractivity contribution < 1.29 is 4.74 Å². The molecule has 0 radical (unpaired) electrons. The number of aryl methyl sites for hydroxylation is 1. The van der Waals surface area contributed by atoms with Gasteiger partial charge in [0.2, 0.25) is 5.95 Å². The van der Waals surface area contributed by atoms with Gasteiger partial charge in [-0.3, -0.25) is 14.7 Å². The highest BCUT2D eigenvalue weighted by atomic mass is 16.5. The fraction of sp³-hybridized carbons (Fsp3) is 0.545. The first kappa shape index (κ1) is 19.2. The first-order valence-electron chi connectivity index (χ1n) is 10.3. The predicted molar refractivity (Wildman–Crippen MR) is 111 cm³/mol. The van der Waals surface area contributed by atoms with Crippen molar-refractivity contribution in [2.75, 3.05) is 24.5 Å². The van der Waals surface area contributed by atoms with Gasteiger partial charge in [0.1, 0.15) is 0 Å². The van der Waals surface area contributed by atoms with Crippen LogP contribution in [0.2, 0.25) is 0 Å². The largest absolute Gasteiger partial charge is 0.372 e. The first-order chi connectivity index (χ1) is 13.5. The van der Waals surface area contributed by atoms with Gasteiger partial charge in [0.15, 0.2) is 0 Å². The molecular formula is C22H30N4O2. The molecule has 1 N–H and O–H groups in total. The number of hydrogen-bond donors (Lipinski definition) is 1. The third kappa shape index (κ3) is 4.13. The van der Waals surface area contributed by atoms with Crippen LogP contribution in [0, 0.1) is 0 Å². The smallest absolute Gasteiger partial charge is 0.255 e. The Morgan fingerprint density at radius 1 is 1.14 bits per heavy atom. The average Bonchev–Trinajstić information content (AvgIpc) is 2.67. The maximum absolute atomic E-state index is 12.7. The summed E-state index contributed by atoms with van der Waals surface area (Å²) in [6.07, 6.45) is 2.08. The van der Waals surface area contributed by atoms with Crippen molar-refractivity contribution in [3.05, 3.63) is 57.0 Å². The van der Waals surface area contributed by atoms with E-state index in [-0.39, 0.29) is 17.8 Å². The van der Waals surface area contributed by atoms with E-state index in [1.54, 1.807) is 0 Å². The van der Waals surface area contributed by atoms with Gasteiger partial charge in [0.25, 0.3) is 5.56 Å². The zero-order chi connectivity index (χ0) is 19.7. The van der Waals surface area contributed by atoms with Gasteiger partial charge < -0.3 is 9.64 Å². The molecule has 0 spiro atoms. The summed E-state index contributed by atoms with van der Waals surface area (Å²) in [5, 5.41) is 0. The molecule has 2 aliphatic heterocycles. The zero-order valence-corrected chi connectivity index (χ0v) is 17.1. The lowest BCUT2D eigenvalue weighted by Gasteiger charge is -2.36. The molecule has 6 nitrogen and oxygen atoms in total. The number of ether oxygens (including phenoxy) is 1. The number of fused-ring (bicyclic) bond motifs is 1. The highest BCUT2D eigenvalue weighted by Crippen LogP contribution is 2.21. The van der Waals surface area contributed by atoms with Crippen LogP contribution < -0.4 is 10.5 Å². The van der Waals surface area contributed by atoms with E-state index in [0.29, 0.717) is 5.95 Å². The van der Waals surface area contributed by atoms with Crippen LogP contribution in [0.25, 0.3) is 0 Å². The number of aromatic amines is 1. The second kappa shape index (κ2) is 8.05. The fourth-order valence-corrected chi connectivity index (χ4v) is 4.25. The average molecular weight is 383 g/mol. The minimum Gasteiger partial charge on any atom is -0.372 e. The number of nitrogens with zero attached hydrogens (tertiary/aromatic N) is 3. The van der Waals surface area contributed by atoms with E-state index in [0.717, 1.165) is 56.8 Å². The van der Waals surface area contributed by atoms with Gasteiger partial charge in [0.05, 0.1) is 17.9 Å². The number of aromatic nitrogens is 2. The van der Waals surface area contributed by atoms with Crippen LogP contribution in [0.4, 0.5) is 5.95 Å². The van der Waals surface area contributed by atoms with Crippen molar-refractivity contribution in [1.29, 1.82) is 0 Å². The molecule has 6 heteroatoms. The molecule has 2 unspecified atom stereocenters.